The van der Waals surface area contributed by atoms with E-state index in [1.165, 1.54) is 0 Å². The first-order valence-corrected chi connectivity index (χ1v) is 5.58. The van der Waals surface area contributed by atoms with Crippen molar-refractivity contribution in [1.29, 1.82) is 0 Å². The Kier molecular flexibility index (Phi) is 4.54. The summed E-state index contributed by atoms with van der Waals surface area (Å²) in [5.74, 6) is 1.04. The van der Waals surface area contributed by atoms with Gasteiger partial charge in [-0.15, -0.1) is 0 Å². The van der Waals surface area contributed by atoms with Crippen LogP contribution in [0.5, 0.6) is 0 Å². The summed E-state index contributed by atoms with van der Waals surface area (Å²) in [5.41, 5.74) is 0. The van der Waals surface area contributed by atoms with Crippen molar-refractivity contribution in [3.63, 3.8) is 0 Å². The van der Waals surface area contributed by atoms with Gasteiger partial charge in [0.2, 0.25) is 5.91 Å². The van der Waals surface area contributed by atoms with Crippen molar-refractivity contribution in [1.82, 2.24) is 10.2 Å². The molecule has 0 aromatic heterocycles. The summed E-state index contributed by atoms with van der Waals surface area (Å²) in [4.78, 5) is 13.6. The van der Waals surface area contributed by atoms with Crippen LogP contribution in [-0.4, -0.2) is 43.8 Å². The lowest BCUT2D eigenvalue weighted by atomic mass is 10.1. The van der Waals surface area contributed by atoms with Crippen molar-refractivity contribution in [2.45, 2.75) is 26.9 Å². The molecule has 0 aromatic rings. The molecule has 4 heteroatoms. The second-order valence-corrected chi connectivity index (χ2v) is 4.68. The average molecular weight is 214 g/mol. The molecule has 1 aliphatic heterocycles. The number of hydrogen-bond acceptors (Lipinski definition) is 3. The van der Waals surface area contributed by atoms with Crippen molar-refractivity contribution in [2.75, 3.05) is 26.8 Å². The molecule has 4 nitrogen and oxygen atoms in total. The standard InChI is InChI=1S/C11H22N2O2/c1-8(2)11-12-5-10(14)13(11)6-9(3)7-15-4/h8-9,11-12H,5-7H2,1-4H3. The molecule has 0 spiro atoms. The lowest BCUT2D eigenvalue weighted by molar-refractivity contribution is -0.129. The minimum absolute atomic E-state index is 0.191. The Bertz CT molecular complexity index is 219. The summed E-state index contributed by atoms with van der Waals surface area (Å²) >= 11 is 0. The largest absolute Gasteiger partial charge is 0.384 e. The summed E-state index contributed by atoms with van der Waals surface area (Å²) in [6.07, 6.45) is 0.191. The molecule has 0 bridgehead atoms. The number of carbonyl (C=O) groups excluding carboxylic acids is 1. The van der Waals surface area contributed by atoms with Crippen LogP contribution in [-0.2, 0) is 9.53 Å². The highest BCUT2D eigenvalue weighted by atomic mass is 16.5. The Morgan fingerprint density at radius 1 is 1.53 bits per heavy atom. The van der Waals surface area contributed by atoms with Gasteiger partial charge in [0.15, 0.2) is 0 Å². The van der Waals surface area contributed by atoms with Crippen molar-refractivity contribution < 1.29 is 9.53 Å². The second-order valence-electron chi connectivity index (χ2n) is 4.68. The van der Waals surface area contributed by atoms with E-state index in [0.717, 1.165) is 6.54 Å². The fourth-order valence-corrected chi connectivity index (χ4v) is 2.04. The normalized spacial score (nSPS) is 23.9. The predicted molar refractivity (Wildman–Crippen MR) is 59.4 cm³/mol. The van der Waals surface area contributed by atoms with Crippen LogP contribution >= 0.6 is 0 Å². The van der Waals surface area contributed by atoms with Crippen LogP contribution < -0.4 is 5.32 Å². The first-order valence-electron chi connectivity index (χ1n) is 5.58. The number of nitrogens with zero attached hydrogens (tertiary/aromatic N) is 1. The van der Waals surface area contributed by atoms with Crippen molar-refractivity contribution in [2.24, 2.45) is 11.8 Å². The van der Waals surface area contributed by atoms with Crippen LogP contribution in [0.25, 0.3) is 0 Å². The maximum absolute atomic E-state index is 11.7. The van der Waals surface area contributed by atoms with Crippen molar-refractivity contribution >= 4 is 5.91 Å². The number of ether oxygens (including phenoxy) is 1. The number of nitrogens with one attached hydrogen (secondary N) is 1. The lowest BCUT2D eigenvalue weighted by Crippen LogP contribution is -2.43. The number of methoxy groups -OCH3 is 1. The van der Waals surface area contributed by atoms with E-state index in [4.69, 9.17) is 4.74 Å². The highest BCUT2D eigenvalue weighted by molar-refractivity contribution is 5.80. The molecule has 1 saturated heterocycles. The number of amides is 1. The van der Waals surface area contributed by atoms with Gasteiger partial charge in [0.05, 0.1) is 19.3 Å². The quantitative estimate of drug-likeness (QED) is 0.732. The molecule has 0 radical (unpaired) electrons. The molecule has 1 rings (SSSR count). The maximum Gasteiger partial charge on any atom is 0.237 e. The van der Waals surface area contributed by atoms with E-state index in [2.05, 4.69) is 26.1 Å². The SMILES string of the molecule is COCC(C)CN1C(=O)CNC1C(C)C. The minimum atomic E-state index is 0.191. The third kappa shape index (κ3) is 3.18. The third-order valence-corrected chi connectivity index (χ3v) is 2.71. The number of hydrogen-bond donors (Lipinski definition) is 1. The Labute approximate surface area is 92.0 Å². The molecule has 0 aromatic carbocycles. The van der Waals surface area contributed by atoms with Crippen molar-refractivity contribution in [3.05, 3.63) is 0 Å². The van der Waals surface area contributed by atoms with Crippen LogP contribution in [0.2, 0.25) is 0 Å². The van der Waals surface area contributed by atoms with Crippen molar-refractivity contribution in [3.8, 4) is 0 Å². The van der Waals surface area contributed by atoms with E-state index in [0.29, 0.717) is 25.0 Å². The van der Waals surface area contributed by atoms with E-state index < -0.39 is 0 Å². The second kappa shape index (κ2) is 5.47. The van der Waals surface area contributed by atoms with Crippen LogP contribution in [0.4, 0.5) is 0 Å². The summed E-state index contributed by atoms with van der Waals surface area (Å²) in [6, 6.07) is 0. The molecule has 1 aliphatic rings. The molecule has 1 N–H and O–H groups in total. The predicted octanol–water partition coefficient (Wildman–Crippen LogP) is 0.683. The molecular weight excluding hydrogens is 192 g/mol. The highest BCUT2D eigenvalue weighted by Gasteiger charge is 2.32. The van der Waals surface area contributed by atoms with Gasteiger partial charge in [-0.3, -0.25) is 10.1 Å². The Balaban J connectivity index is 2.52. The summed E-state index contributed by atoms with van der Waals surface area (Å²) in [6.45, 7) is 8.32. The zero-order valence-corrected chi connectivity index (χ0v) is 10.1. The molecule has 2 unspecified atom stereocenters. The molecule has 15 heavy (non-hydrogen) atoms. The Hall–Kier alpha value is -0.610. The number of carbonyl (C=O) groups is 1. The van der Waals surface area contributed by atoms with Gasteiger partial charge in [-0.05, 0) is 11.8 Å². The van der Waals surface area contributed by atoms with Gasteiger partial charge in [0.25, 0.3) is 0 Å². The zero-order chi connectivity index (χ0) is 11.4. The van der Waals surface area contributed by atoms with Gasteiger partial charge in [-0.1, -0.05) is 20.8 Å². The van der Waals surface area contributed by atoms with Crippen LogP contribution in [0.3, 0.4) is 0 Å². The fourth-order valence-electron chi connectivity index (χ4n) is 2.04. The molecule has 88 valence electrons. The summed E-state index contributed by atoms with van der Waals surface area (Å²) in [5, 5.41) is 3.24. The van der Waals surface area contributed by atoms with E-state index >= 15 is 0 Å². The summed E-state index contributed by atoms with van der Waals surface area (Å²) < 4.78 is 5.09. The Morgan fingerprint density at radius 2 is 2.20 bits per heavy atom. The monoisotopic (exact) mass is 214 g/mol. The molecule has 2 atom stereocenters. The highest BCUT2D eigenvalue weighted by Crippen LogP contribution is 2.15. The third-order valence-electron chi connectivity index (χ3n) is 2.71. The van der Waals surface area contributed by atoms with Gasteiger partial charge in [0, 0.05) is 13.7 Å². The molecule has 1 fully saturated rings. The Morgan fingerprint density at radius 3 is 2.73 bits per heavy atom. The van der Waals surface area contributed by atoms with Gasteiger partial charge in [-0.25, -0.2) is 0 Å². The molecule has 1 amide bonds. The average Bonchev–Trinajstić information content (AvgIpc) is 2.48. The topological polar surface area (TPSA) is 41.6 Å². The van der Waals surface area contributed by atoms with E-state index in [1.54, 1.807) is 7.11 Å². The summed E-state index contributed by atoms with van der Waals surface area (Å²) in [7, 11) is 1.69. The molecular formula is C11H22N2O2. The fraction of sp³-hybridized carbons (Fsp3) is 0.909. The molecule has 0 saturated carbocycles. The van der Waals surface area contributed by atoms with Gasteiger partial charge in [0.1, 0.15) is 0 Å². The zero-order valence-electron chi connectivity index (χ0n) is 10.1. The van der Waals surface area contributed by atoms with Crippen LogP contribution in [0, 0.1) is 11.8 Å². The lowest BCUT2D eigenvalue weighted by Gasteiger charge is -2.29. The van der Waals surface area contributed by atoms with E-state index in [9.17, 15) is 4.79 Å². The van der Waals surface area contributed by atoms with Gasteiger partial charge < -0.3 is 9.64 Å². The number of rotatable bonds is 5. The molecule has 1 heterocycles. The smallest absolute Gasteiger partial charge is 0.237 e. The molecule has 0 aliphatic carbocycles. The van der Waals surface area contributed by atoms with Gasteiger partial charge in [-0.2, -0.15) is 0 Å². The minimum Gasteiger partial charge on any atom is -0.384 e. The van der Waals surface area contributed by atoms with Crippen LogP contribution in [0.1, 0.15) is 20.8 Å². The first-order chi connectivity index (χ1) is 7.06. The first kappa shape index (κ1) is 12.5. The van der Waals surface area contributed by atoms with E-state index in [-0.39, 0.29) is 12.1 Å². The van der Waals surface area contributed by atoms with Gasteiger partial charge >= 0.3 is 0 Å². The maximum atomic E-state index is 11.7. The van der Waals surface area contributed by atoms with Crippen LogP contribution in [0.15, 0.2) is 0 Å². The van der Waals surface area contributed by atoms with E-state index in [1.807, 2.05) is 4.90 Å².